The van der Waals surface area contributed by atoms with Crippen molar-refractivity contribution in [2.24, 2.45) is 0 Å². The number of nitrogens with zero attached hydrogens (tertiary/aromatic N) is 2. The Morgan fingerprint density at radius 3 is 2.38 bits per heavy atom. The van der Waals surface area contributed by atoms with Crippen molar-refractivity contribution in [3.63, 3.8) is 0 Å². The summed E-state index contributed by atoms with van der Waals surface area (Å²) >= 11 is 0. The first-order valence-corrected chi connectivity index (χ1v) is 12.5. The first kappa shape index (κ1) is 25.2. The fourth-order valence-electron chi connectivity index (χ4n) is 3.98. The first-order chi connectivity index (χ1) is 16.2. The normalized spacial score (nSPS) is 14.9. The smallest absolute Gasteiger partial charge is 0.269 e. The van der Waals surface area contributed by atoms with Gasteiger partial charge in [-0.25, -0.2) is 12.7 Å². The van der Waals surface area contributed by atoms with Gasteiger partial charge in [0, 0.05) is 26.6 Å². The highest BCUT2D eigenvalue weighted by molar-refractivity contribution is 7.90. The molecule has 2 aromatic carbocycles. The average molecular weight is 488 g/mol. The van der Waals surface area contributed by atoms with E-state index in [-0.39, 0.29) is 48.2 Å². The van der Waals surface area contributed by atoms with Gasteiger partial charge < -0.3 is 15.0 Å². The van der Waals surface area contributed by atoms with Gasteiger partial charge in [0.25, 0.3) is 15.9 Å². The van der Waals surface area contributed by atoms with Crippen molar-refractivity contribution in [1.29, 1.82) is 0 Å². The van der Waals surface area contributed by atoms with E-state index in [4.69, 9.17) is 4.74 Å². The maximum Gasteiger partial charge on any atom is 0.269 e. The van der Waals surface area contributed by atoms with Crippen LogP contribution in [0, 0.1) is 0 Å². The summed E-state index contributed by atoms with van der Waals surface area (Å²) in [4.78, 5) is 39.7. The number of hydrogen-bond acceptors (Lipinski definition) is 6. The third-order valence-electron chi connectivity index (χ3n) is 5.81. The van der Waals surface area contributed by atoms with Crippen LogP contribution >= 0.6 is 0 Å². The number of rotatable bonds is 10. The van der Waals surface area contributed by atoms with Crippen LogP contribution in [0.4, 0.5) is 0 Å². The molecular weight excluding hydrogens is 458 g/mol. The van der Waals surface area contributed by atoms with E-state index >= 15 is 0 Å². The third-order valence-corrected chi connectivity index (χ3v) is 7.65. The summed E-state index contributed by atoms with van der Waals surface area (Å²) in [6.45, 7) is 1.91. The second-order valence-electron chi connectivity index (χ2n) is 7.89. The fourth-order valence-corrected chi connectivity index (χ4v) is 5.59. The predicted molar refractivity (Wildman–Crippen MR) is 126 cm³/mol. The quantitative estimate of drug-likeness (QED) is 0.550. The molecule has 0 saturated carbocycles. The minimum Gasteiger partial charge on any atom is -0.497 e. The Bertz CT molecular complexity index is 1160. The first-order valence-electron chi connectivity index (χ1n) is 11.0. The molecule has 0 saturated heterocycles. The third kappa shape index (κ3) is 5.06. The van der Waals surface area contributed by atoms with E-state index in [9.17, 15) is 22.8 Å². The van der Waals surface area contributed by atoms with Crippen LogP contribution in [0.3, 0.4) is 0 Å². The Morgan fingerprint density at radius 1 is 1.12 bits per heavy atom. The topological polar surface area (TPSA) is 113 Å². The maximum absolute atomic E-state index is 13.2. The van der Waals surface area contributed by atoms with Gasteiger partial charge in [-0.1, -0.05) is 31.2 Å². The molecule has 0 fully saturated rings. The molecule has 1 aliphatic rings. The van der Waals surface area contributed by atoms with E-state index in [2.05, 4.69) is 5.32 Å². The summed E-state index contributed by atoms with van der Waals surface area (Å²) in [6, 6.07) is 12.6. The van der Waals surface area contributed by atoms with Gasteiger partial charge in [-0.05, 0) is 42.7 Å². The average Bonchev–Trinajstić information content (AvgIpc) is 3.04. The number of sulfonamides is 1. The molecule has 0 aromatic heterocycles. The lowest BCUT2D eigenvalue weighted by molar-refractivity contribution is -0.141. The molecule has 2 aromatic rings. The number of ether oxygens (including phenoxy) is 1. The zero-order valence-corrected chi connectivity index (χ0v) is 20.3. The van der Waals surface area contributed by atoms with Gasteiger partial charge in [-0.2, -0.15) is 0 Å². The van der Waals surface area contributed by atoms with Crippen LogP contribution < -0.4 is 10.1 Å². The molecule has 1 N–H and O–H groups in total. The van der Waals surface area contributed by atoms with E-state index in [0.29, 0.717) is 12.2 Å². The highest BCUT2D eigenvalue weighted by Gasteiger charge is 2.40. The molecule has 0 radical (unpaired) electrons. The number of likely N-dealkylation sites (N-methyl/N-ethyl adjacent to an activating group) is 1. The maximum atomic E-state index is 13.2. The number of benzene rings is 2. The lowest BCUT2D eigenvalue weighted by Gasteiger charge is -2.30. The summed E-state index contributed by atoms with van der Waals surface area (Å²) < 4.78 is 31.4. The lowest BCUT2D eigenvalue weighted by atomic mass is 10.1. The molecule has 9 nitrogen and oxygen atoms in total. The number of amides is 3. The van der Waals surface area contributed by atoms with Crippen molar-refractivity contribution >= 4 is 27.7 Å². The summed E-state index contributed by atoms with van der Waals surface area (Å²) in [5.41, 5.74) is 0.963. The van der Waals surface area contributed by atoms with Crippen LogP contribution in [-0.2, 0) is 26.2 Å². The molecule has 0 spiro atoms. The largest absolute Gasteiger partial charge is 0.497 e. The van der Waals surface area contributed by atoms with Gasteiger partial charge in [0.2, 0.25) is 11.8 Å². The number of carbonyl (C=O) groups is 3. The molecule has 1 aliphatic heterocycles. The van der Waals surface area contributed by atoms with Crippen LogP contribution in [0.5, 0.6) is 5.75 Å². The molecule has 0 aliphatic carbocycles. The van der Waals surface area contributed by atoms with Crippen molar-refractivity contribution in [3.05, 3.63) is 59.7 Å². The summed E-state index contributed by atoms with van der Waals surface area (Å²) in [5, 5.41) is 2.60. The predicted octanol–water partition coefficient (Wildman–Crippen LogP) is 2.17. The SMILES string of the molecule is CCC(C(=O)NC)N(Cc1ccc(OC)cc1)C(=O)CCCN1C(=O)c2ccccc2S1(=O)=O. The summed E-state index contributed by atoms with van der Waals surface area (Å²) in [6.07, 6.45) is 0.538. The van der Waals surface area contributed by atoms with Crippen LogP contribution in [0.15, 0.2) is 53.4 Å². The fraction of sp³-hybridized carbons (Fsp3) is 0.375. The number of methoxy groups -OCH3 is 1. The van der Waals surface area contributed by atoms with E-state index in [1.165, 1.54) is 24.1 Å². The molecule has 34 heavy (non-hydrogen) atoms. The van der Waals surface area contributed by atoms with Crippen molar-refractivity contribution in [1.82, 2.24) is 14.5 Å². The van der Waals surface area contributed by atoms with Gasteiger partial charge in [0.15, 0.2) is 0 Å². The van der Waals surface area contributed by atoms with E-state index < -0.39 is 22.0 Å². The molecule has 1 atom stereocenters. The van der Waals surface area contributed by atoms with E-state index in [1.54, 1.807) is 31.4 Å². The Morgan fingerprint density at radius 2 is 1.79 bits per heavy atom. The molecule has 10 heteroatoms. The van der Waals surface area contributed by atoms with Gasteiger partial charge in [-0.3, -0.25) is 14.4 Å². The van der Waals surface area contributed by atoms with Crippen LogP contribution in [0.1, 0.15) is 42.1 Å². The molecule has 3 amide bonds. The minimum absolute atomic E-state index is 0.0146. The molecule has 182 valence electrons. The molecule has 3 rings (SSSR count). The summed E-state index contributed by atoms with van der Waals surface area (Å²) in [5.74, 6) is -0.489. The molecular formula is C24H29N3O6S. The van der Waals surface area contributed by atoms with Crippen molar-refractivity contribution in [2.75, 3.05) is 20.7 Å². The van der Waals surface area contributed by atoms with Gasteiger partial charge in [0.1, 0.15) is 16.7 Å². The number of hydrogen-bond donors (Lipinski definition) is 1. The lowest BCUT2D eigenvalue weighted by Crippen LogP contribution is -2.48. The zero-order chi connectivity index (χ0) is 24.9. The Labute approximate surface area is 199 Å². The van der Waals surface area contributed by atoms with E-state index in [1.807, 2.05) is 19.1 Å². The number of nitrogens with one attached hydrogen (secondary N) is 1. The van der Waals surface area contributed by atoms with Crippen molar-refractivity contribution < 1.29 is 27.5 Å². The Balaban J connectivity index is 1.72. The molecule has 1 unspecified atom stereocenters. The van der Waals surface area contributed by atoms with Crippen molar-refractivity contribution in [3.8, 4) is 5.75 Å². The minimum atomic E-state index is -3.92. The van der Waals surface area contributed by atoms with Gasteiger partial charge in [0.05, 0.1) is 12.7 Å². The Kier molecular flexibility index (Phi) is 7.93. The zero-order valence-electron chi connectivity index (χ0n) is 19.5. The van der Waals surface area contributed by atoms with Gasteiger partial charge >= 0.3 is 0 Å². The molecule has 1 heterocycles. The van der Waals surface area contributed by atoms with Gasteiger partial charge in [-0.15, -0.1) is 0 Å². The monoisotopic (exact) mass is 487 g/mol. The second kappa shape index (κ2) is 10.7. The number of fused-ring (bicyclic) bond motifs is 1. The van der Waals surface area contributed by atoms with Crippen molar-refractivity contribution in [2.45, 2.75) is 43.7 Å². The second-order valence-corrected chi connectivity index (χ2v) is 9.72. The van der Waals surface area contributed by atoms with Crippen LogP contribution in [0.2, 0.25) is 0 Å². The van der Waals surface area contributed by atoms with Crippen LogP contribution in [0.25, 0.3) is 0 Å². The van der Waals surface area contributed by atoms with E-state index in [0.717, 1.165) is 9.87 Å². The van der Waals surface area contributed by atoms with Crippen LogP contribution in [-0.4, -0.2) is 62.1 Å². The highest BCUT2D eigenvalue weighted by atomic mass is 32.2. The number of carbonyl (C=O) groups excluding carboxylic acids is 3. The summed E-state index contributed by atoms with van der Waals surface area (Å²) in [7, 11) is -0.845. The standard InChI is InChI=1S/C24H29N3O6S/c1-4-20(23(29)25-2)26(16-17-11-13-18(33-3)14-12-17)22(28)10-7-15-27-24(30)19-8-5-6-9-21(19)34(27,31)32/h5-6,8-9,11-14,20H,4,7,10,15-16H2,1-3H3,(H,25,29). The highest BCUT2D eigenvalue weighted by Crippen LogP contribution is 2.30. The molecule has 0 bridgehead atoms. The Hall–Kier alpha value is -3.40.